The van der Waals surface area contributed by atoms with E-state index in [1.807, 2.05) is 24.3 Å². The molecular weight excluding hydrogens is 370 g/mol. The van der Waals surface area contributed by atoms with Gasteiger partial charge in [0, 0.05) is 37.2 Å². The highest BCUT2D eigenvalue weighted by atomic mass is 16.6. The Morgan fingerprint density at radius 2 is 1.76 bits per heavy atom. The van der Waals surface area contributed by atoms with Crippen molar-refractivity contribution in [2.75, 3.05) is 30.3 Å². The molecule has 2 aromatic rings. The predicted octanol–water partition coefficient (Wildman–Crippen LogP) is 3.32. The molecule has 8 heteroatoms. The number of amides is 2. The van der Waals surface area contributed by atoms with Gasteiger partial charge in [-0.05, 0) is 43.9 Å². The van der Waals surface area contributed by atoms with E-state index in [2.05, 4.69) is 27.5 Å². The van der Waals surface area contributed by atoms with Gasteiger partial charge in [-0.15, -0.1) is 0 Å². The maximum Gasteiger partial charge on any atom is 0.409 e. The SMILES string of the molecule is CCOC(=O)N1CCC(Nc2ncc(C(=O)Nc3ccc(CC)cc3)cn2)CC1. The first-order chi connectivity index (χ1) is 14.1. The summed E-state index contributed by atoms with van der Waals surface area (Å²) in [6, 6.07) is 7.93. The summed E-state index contributed by atoms with van der Waals surface area (Å²) in [5, 5.41) is 6.12. The van der Waals surface area contributed by atoms with Crippen molar-refractivity contribution in [2.45, 2.75) is 39.2 Å². The molecule has 1 aromatic heterocycles. The van der Waals surface area contributed by atoms with E-state index in [0.29, 0.717) is 31.2 Å². The van der Waals surface area contributed by atoms with Crippen LogP contribution in [0.4, 0.5) is 16.4 Å². The molecule has 0 atom stereocenters. The van der Waals surface area contributed by atoms with E-state index in [4.69, 9.17) is 4.74 Å². The number of piperidine rings is 1. The number of rotatable bonds is 6. The summed E-state index contributed by atoms with van der Waals surface area (Å²) in [7, 11) is 0. The van der Waals surface area contributed by atoms with E-state index in [1.54, 1.807) is 11.8 Å². The first kappa shape index (κ1) is 20.6. The van der Waals surface area contributed by atoms with Crippen LogP contribution in [0.3, 0.4) is 0 Å². The third-order valence-corrected chi connectivity index (χ3v) is 4.89. The lowest BCUT2D eigenvalue weighted by Crippen LogP contribution is -2.42. The minimum absolute atomic E-state index is 0.178. The second-order valence-corrected chi connectivity index (χ2v) is 6.90. The highest BCUT2D eigenvalue weighted by Gasteiger charge is 2.24. The molecule has 2 amide bonds. The van der Waals surface area contributed by atoms with Gasteiger partial charge in [-0.25, -0.2) is 14.8 Å². The van der Waals surface area contributed by atoms with Gasteiger partial charge in [0.05, 0.1) is 12.2 Å². The Morgan fingerprint density at radius 3 is 2.34 bits per heavy atom. The summed E-state index contributed by atoms with van der Waals surface area (Å²) < 4.78 is 5.03. The number of aryl methyl sites for hydroxylation is 1. The van der Waals surface area contributed by atoms with E-state index in [1.165, 1.54) is 18.0 Å². The van der Waals surface area contributed by atoms with Gasteiger partial charge in [0.2, 0.25) is 5.95 Å². The lowest BCUT2D eigenvalue weighted by atomic mass is 10.1. The number of nitrogens with one attached hydrogen (secondary N) is 2. The molecular formula is C21H27N5O3. The number of aromatic nitrogens is 2. The topological polar surface area (TPSA) is 96.5 Å². The standard InChI is InChI=1S/C21H27N5O3/c1-3-15-5-7-17(8-6-15)24-19(27)16-13-22-20(23-14-16)25-18-9-11-26(12-10-18)21(28)29-4-2/h5-8,13-14,18H,3-4,9-12H2,1-2H3,(H,24,27)(H,22,23,25). The Kier molecular flexibility index (Phi) is 6.99. The largest absolute Gasteiger partial charge is 0.450 e. The van der Waals surface area contributed by atoms with Crippen molar-refractivity contribution in [1.29, 1.82) is 0 Å². The Morgan fingerprint density at radius 1 is 1.10 bits per heavy atom. The average Bonchev–Trinajstić information content (AvgIpc) is 2.75. The van der Waals surface area contributed by atoms with Crippen LogP contribution in [-0.4, -0.2) is 52.6 Å². The van der Waals surface area contributed by atoms with E-state index in [-0.39, 0.29) is 18.0 Å². The average molecular weight is 397 g/mol. The fourth-order valence-corrected chi connectivity index (χ4v) is 3.15. The number of hydrogen-bond donors (Lipinski definition) is 2. The molecule has 0 radical (unpaired) electrons. The molecule has 1 saturated heterocycles. The van der Waals surface area contributed by atoms with Gasteiger partial charge in [0.1, 0.15) is 0 Å². The van der Waals surface area contributed by atoms with Crippen LogP contribution in [-0.2, 0) is 11.2 Å². The third kappa shape index (κ3) is 5.66. The zero-order valence-corrected chi connectivity index (χ0v) is 16.9. The number of ether oxygens (including phenoxy) is 1. The van der Waals surface area contributed by atoms with Gasteiger partial charge in [-0.3, -0.25) is 4.79 Å². The predicted molar refractivity (Wildman–Crippen MR) is 111 cm³/mol. The van der Waals surface area contributed by atoms with Crippen molar-refractivity contribution in [3.63, 3.8) is 0 Å². The summed E-state index contributed by atoms with van der Waals surface area (Å²) in [4.78, 5) is 34.3. The molecule has 1 aliphatic heterocycles. The molecule has 1 fully saturated rings. The fourth-order valence-electron chi connectivity index (χ4n) is 3.15. The zero-order valence-electron chi connectivity index (χ0n) is 16.9. The van der Waals surface area contributed by atoms with Gasteiger partial charge in [-0.2, -0.15) is 0 Å². The fraction of sp³-hybridized carbons (Fsp3) is 0.429. The summed E-state index contributed by atoms with van der Waals surface area (Å²) in [6.45, 7) is 5.54. The molecule has 29 heavy (non-hydrogen) atoms. The summed E-state index contributed by atoms with van der Waals surface area (Å²) in [6.07, 6.45) is 5.30. The Labute approximate surface area is 170 Å². The van der Waals surface area contributed by atoms with Gasteiger partial charge in [-0.1, -0.05) is 19.1 Å². The van der Waals surface area contributed by atoms with E-state index in [0.717, 1.165) is 24.9 Å². The number of nitrogens with zero attached hydrogens (tertiary/aromatic N) is 3. The Hall–Kier alpha value is -3.16. The number of carbonyl (C=O) groups excluding carboxylic acids is 2. The molecule has 0 spiro atoms. The number of likely N-dealkylation sites (tertiary alicyclic amines) is 1. The van der Waals surface area contributed by atoms with Crippen LogP contribution in [0.15, 0.2) is 36.7 Å². The Balaban J connectivity index is 1.49. The van der Waals surface area contributed by atoms with Crippen LogP contribution >= 0.6 is 0 Å². The molecule has 0 saturated carbocycles. The number of benzene rings is 1. The van der Waals surface area contributed by atoms with Crippen LogP contribution in [0.5, 0.6) is 0 Å². The summed E-state index contributed by atoms with van der Waals surface area (Å²) >= 11 is 0. The molecule has 154 valence electrons. The molecule has 2 N–H and O–H groups in total. The van der Waals surface area contributed by atoms with Crippen molar-refractivity contribution in [3.8, 4) is 0 Å². The van der Waals surface area contributed by atoms with Gasteiger partial charge < -0.3 is 20.3 Å². The summed E-state index contributed by atoms with van der Waals surface area (Å²) in [5.41, 5.74) is 2.35. The number of anilines is 2. The molecule has 2 heterocycles. The maximum atomic E-state index is 12.4. The second kappa shape index (κ2) is 9.86. The van der Waals surface area contributed by atoms with Crippen molar-refractivity contribution < 1.29 is 14.3 Å². The smallest absolute Gasteiger partial charge is 0.409 e. The number of hydrogen-bond acceptors (Lipinski definition) is 6. The minimum Gasteiger partial charge on any atom is -0.450 e. The molecule has 1 aliphatic rings. The van der Waals surface area contributed by atoms with Gasteiger partial charge in [0.15, 0.2) is 0 Å². The molecule has 0 unspecified atom stereocenters. The Bertz CT molecular complexity index is 815. The van der Waals surface area contributed by atoms with Crippen molar-refractivity contribution in [1.82, 2.24) is 14.9 Å². The molecule has 8 nitrogen and oxygen atoms in total. The zero-order chi connectivity index (χ0) is 20.6. The molecule has 0 aliphatic carbocycles. The molecule has 1 aromatic carbocycles. The van der Waals surface area contributed by atoms with Crippen LogP contribution in [0.2, 0.25) is 0 Å². The van der Waals surface area contributed by atoms with Crippen LogP contribution < -0.4 is 10.6 Å². The van der Waals surface area contributed by atoms with Gasteiger partial charge in [0.25, 0.3) is 5.91 Å². The van der Waals surface area contributed by atoms with Crippen molar-refractivity contribution in [3.05, 3.63) is 47.8 Å². The van der Waals surface area contributed by atoms with Crippen LogP contribution in [0.1, 0.15) is 42.6 Å². The normalized spacial score (nSPS) is 14.3. The van der Waals surface area contributed by atoms with E-state index in [9.17, 15) is 9.59 Å². The third-order valence-electron chi connectivity index (χ3n) is 4.89. The maximum absolute atomic E-state index is 12.4. The van der Waals surface area contributed by atoms with Crippen LogP contribution in [0, 0.1) is 0 Å². The second-order valence-electron chi connectivity index (χ2n) is 6.90. The highest BCUT2D eigenvalue weighted by Crippen LogP contribution is 2.16. The minimum atomic E-state index is -0.262. The summed E-state index contributed by atoms with van der Waals surface area (Å²) in [5.74, 6) is 0.229. The van der Waals surface area contributed by atoms with Crippen molar-refractivity contribution >= 4 is 23.6 Å². The number of carbonyl (C=O) groups is 2. The highest BCUT2D eigenvalue weighted by molar-refractivity contribution is 6.03. The quantitative estimate of drug-likeness (QED) is 0.776. The van der Waals surface area contributed by atoms with Crippen molar-refractivity contribution in [2.24, 2.45) is 0 Å². The first-order valence-corrected chi connectivity index (χ1v) is 9.99. The van der Waals surface area contributed by atoms with Crippen LogP contribution in [0.25, 0.3) is 0 Å². The van der Waals surface area contributed by atoms with Gasteiger partial charge >= 0.3 is 6.09 Å². The monoisotopic (exact) mass is 397 g/mol. The molecule has 0 bridgehead atoms. The van der Waals surface area contributed by atoms with E-state index < -0.39 is 0 Å². The molecule has 3 rings (SSSR count). The lowest BCUT2D eigenvalue weighted by Gasteiger charge is -2.31. The lowest BCUT2D eigenvalue weighted by molar-refractivity contribution is 0.0982. The first-order valence-electron chi connectivity index (χ1n) is 9.99. The van der Waals surface area contributed by atoms with E-state index >= 15 is 0 Å².